The van der Waals surface area contributed by atoms with Crippen molar-refractivity contribution in [3.05, 3.63) is 72.4 Å². The summed E-state index contributed by atoms with van der Waals surface area (Å²) in [6, 6.07) is 20.4. The van der Waals surface area contributed by atoms with E-state index in [-0.39, 0.29) is 5.91 Å². The van der Waals surface area contributed by atoms with E-state index in [1.807, 2.05) is 48.5 Å². The topological polar surface area (TPSA) is 67.3 Å². The Morgan fingerprint density at radius 3 is 2.21 bits per heavy atom. The minimum Gasteiger partial charge on any atom is -0.457 e. The molecule has 0 aliphatic carbocycles. The third-order valence-corrected chi connectivity index (χ3v) is 4.65. The summed E-state index contributed by atoms with van der Waals surface area (Å²) >= 11 is 0. The summed E-state index contributed by atoms with van der Waals surface area (Å²) in [6.07, 6.45) is 3.61. The van der Waals surface area contributed by atoms with Crippen LogP contribution >= 0.6 is 0 Å². The van der Waals surface area contributed by atoms with Crippen molar-refractivity contribution in [3.63, 3.8) is 0 Å². The molecule has 1 aliphatic rings. The van der Waals surface area contributed by atoms with Gasteiger partial charge in [0.1, 0.15) is 11.5 Å². The van der Waals surface area contributed by atoms with E-state index in [1.165, 1.54) is 19.3 Å². The van der Waals surface area contributed by atoms with Gasteiger partial charge in [-0.3, -0.25) is 4.79 Å². The zero-order chi connectivity index (χ0) is 19.2. The lowest BCUT2D eigenvalue weighted by Gasteiger charge is -2.27. The third kappa shape index (κ3) is 4.46. The molecule has 1 aromatic heterocycles. The Morgan fingerprint density at radius 1 is 0.821 bits per heavy atom. The van der Waals surface area contributed by atoms with E-state index in [9.17, 15) is 4.79 Å². The first-order valence-corrected chi connectivity index (χ1v) is 9.51. The van der Waals surface area contributed by atoms with Crippen LogP contribution < -0.4 is 15.0 Å². The van der Waals surface area contributed by atoms with Crippen molar-refractivity contribution < 1.29 is 9.53 Å². The summed E-state index contributed by atoms with van der Waals surface area (Å²) in [5.41, 5.74) is 0.970. The first-order chi connectivity index (χ1) is 13.8. The van der Waals surface area contributed by atoms with E-state index in [1.54, 1.807) is 18.2 Å². The molecule has 2 aromatic carbocycles. The number of carbonyl (C=O) groups is 1. The van der Waals surface area contributed by atoms with E-state index < -0.39 is 0 Å². The smallest absolute Gasteiger partial charge is 0.276 e. The normalized spacial score (nSPS) is 13.8. The first-order valence-electron chi connectivity index (χ1n) is 9.51. The first kappa shape index (κ1) is 18.0. The van der Waals surface area contributed by atoms with Gasteiger partial charge in [-0.25, -0.2) is 0 Å². The summed E-state index contributed by atoms with van der Waals surface area (Å²) in [6.45, 7) is 2.00. The highest BCUT2D eigenvalue weighted by atomic mass is 16.5. The van der Waals surface area contributed by atoms with Gasteiger partial charge in [-0.2, -0.15) is 0 Å². The van der Waals surface area contributed by atoms with Crippen LogP contribution in [0.5, 0.6) is 11.5 Å². The summed E-state index contributed by atoms with van der Waals surface area (Å²) in [4.78, 5) is 14.6. The highest BCUT2D eigenvalue weighted by Crippen LogP contribution is 2.23. The Hall–Kier alpha value is -3.41. The minimum atomic E-state index is -0.283. The molecule has 3 aromatic rings. The average Bonchev–Trinajstić information content (AvgIpc) is 2.76. The average molecular weight is 374 g/mol. The fraction of sp³-hybridized carbons (Fsp3) is 0.227. The number of nitrogens with one attached hydrogen (secondary N) is 1. The van der Waals surface area contributed by atoms with Gasteiger partial charge in [0.2, 0.25) is 0 Å². The monoisotopic (exact) mass is 374 g/mol. The van der Waals surface area contributed by atoms with Gasteiger partial charge in [0, 0.05) is 18.8 Å². The molecule has 1 aliphatic heterocycles. The number of aromatic nitrogens is 2. The van der Waals surface area contributed by atoms with Gasteiger partial charge in [-0.1, -0.05) is 18.2 Å². The zero-order valence-electron chi connectivity index (χ0n) is 15.5. The van der Waals surface area contributed by atoms with Crippen molar-refractivity contribution in [2.24, 2.45) is 0 Å². The van der Waals surface area contributed by atoms with Crippen LogP contribution in [-0.2, 0) is 0 Å². The van der Waals surface area contributed by atoms with E-state index >= 15 is 0 Å². The van der Waals surface area contributed by atoms with Crippen molar-refractivity contribution >= 4 is 17.4 Å². The maximum Gasteiger partial charge on any atom is 0.276 e. The lowest BCUT2D eigenvalue weighted by Crippen LogP contribution is -2.30. The summed E-state index contributed by atoms with van der Waals surface area (Å²) in [5, 5.41) is 11.2. The Morgan fingerprint density at radius 2 is 1.54 bits per heavy atom. The molecule has 0 atom stereocenters. The number of hydrogen-bond donors (Lipinski definition) is 1. The number of nitrogens with zero attached hydrogens (tertiary/aromatic N) is 3. The second kappa shape index (κ2) is 8.52. The van der Waals surface area contributed by atoms with Gasteiger partial charge in [-0.15, -0.1) is 10.2 Å². The van der Waals surface area contributed by atoms with Crippen molar-refractivity contribution in [2.75, 3.05) is 23.3 Å². The quantitative estimate of drug-likeness (QED) is 0.712. The molecule has 0 unspecified atom stereocenters. The van der Waals surface area contributed by atoms with Crippen LogP contribution in [0.1, 0.15) is 29.8 Å². The van der Waals surface area contributed by atoms with Crippen LogP contribution in [-0.4, -0.2) is 29.2 Å². The number of hydrogen-bond acceptors (Lipinski definition) is 5. The Balaban J connectivity index is 1.36. The molecule has 1 fully saturated rings. The SMILES string of the molecule is O=C(Nc1ccc(Oc2ccccc2)cc1)c1ccc(N2CCCCC2)nn1. The summed E-state index contributed by atoms with van der Waals surface area (Å²) < 4.78 is 5.75. The van der Waals surface area contributed by atoms with Crippen LogP contribution in [0.4, 0.5) is 11.5 Å². The fourth-order valence-electron chi connectivity index (χ4n) is 3.16. The second-order valence-corrected chi connectivity index (χ2v) is 6.72. The van der Waals surface area contributed by atoms with Gasteiger partial charge >= 0.3 is 0 Å². The Labute approximate surface area is 164 Å². The van der Waals surface area contributed by atoms with Crippen LogP contribution in [0.25, 0.3) is 0 Å². The van der Waals surface area contributed by atoms with Crippen LogP contribution in [0.3, 0.4) is 0 Å². The molecule has 1 saturated heterocycles. The lowest BCUT2D eigenvalue weighted by molar-refractivity contribution is 0.102. The molecule has 142 valence electrons. The maximum absolute atomic E-state index is 12.4. The number of benzene rings is 2. The molecule has 0 spiro atoms. The number of anilines is 2. The van der Waals surface area contributed by atoms with Crippen molar-refractivity contribution in [3.8, 4) is 11.5 Å². The fourth-order valence-corrected chi connectivity index (χ4v) is 3.16. The molecule has 4 rings (SSSR count). The molecule has 0 saturated carbocycles. The van der Waals surface area contributed by atoms with Crippen LogP contribution in [0.15, 0.2) is 66.7 Å². The number of piperidine rings is 1. The van der Waals surface area contributed by atoms with Crippen molar-refractivity contribution in [1.29, 1.82) is 0 Å². The zero-order valence-corrected chi connectivity index (χ0v) is 15.5. The van der Waals surface area contributed by atoms with E-state index in [4.69, 9.17) is 4.74 Å². The van der Waals surface area contributed by atoms with Gasteiger partial charge in [0.15, 0.2) is 11.5 Å². The van der Waals surface area contributed by atoms with Gasteiger partial charge in [-0.05, 0) is 67.8 Å². The van der Waals surface area contributed by atoms with E-state index in [2.05, 4.69) is 20.4 Å². The van der Waals surface area contributed by atoms with E-state index in [0.717, 1.165) is 24.7 Å². The van der Waals surface area contributed by atoms with Crippen molar-refractivity contribution in [1.82, 2.24) is 10.2 Å². The van der Waals surface area contributed by atoms with Crippen molar-refractivity contribution in [2.45, 2.75) is 19.3 Å². The molecule has 0 radical (unpaired) electrons. The second-order valence-electron chi connectivity index (χ2n) is 6.72. The number of ether oxygens (including phenoxy) is 1. The molecule has 1 N–H and O–H groups in total. The molecule has 6 heteroatoms. The number of amides is 1. The lowest BCUT2D eigenvalue weighted by atomic mass is 10.1. The van der Waals surface area contributed by atoms with Crippen LogP contribution in [0, 0.1) is 0 Å². The summed E-state index contributed by atoms with van der Waals surface area (Å²) in [5.74, 6) is 2.02. The highest BCUT2D eigenvalue weighted by molar-refractivity contribution is 6.02. The maximum atomic E-state index is 12.4. The largest absolute Gasteiger partial charge is 0.457 e. The van der Waals surface area contributed by atoms with Crippen LogP contribution in [0.2, 0.25) is 0 Å². The number of carbonyl (C=O) groups excluding carboxylic acids is 1. The number of rotatable bonds is 5. The van der Waals surface area contributed by atoms with Gasteiger partial charge in [0.05, 0.1) is 0 Å². The Kier molecular flexibility index (Phi) is 5.47. The van der Waals surface area contributed by atoms with Gasteiger partial charge in [0.25, 0.3) is 5.91 Å². The molecule has 28 heavy (non-hydrogen) atoms. The third-order valence-electron chi connectivity index (χ3n) is 4.65. The predicted octanol–water partition coefficient (Wildman–Crippen LogP) is 4.51. The highest BCUT2D eigenvalue weighted by Gasteiger charge is 2.14. The predicted molar refractivity (Wildman–Crippen MR) is 109 cm³/mol. The minimum absolute atomic E-state index is 0.283. The molecule has 2 heterocycles. The molecular formula is C22H22N4O2. The number of para-hydroxylation sites is 1. The Bertz CT molecular complexity index is 906. The summed E-state index contributed by atoms with van der Waals surface area (Å²) in [7, 11) is 0. The molecule has 0 bridgehead atoms. The molecule has 1 amide bonds. The molecule has 6 nitrogen and oxygen atoms in total. The molecular weight excluding hydrogens is 352 g/mol. The van der Waals surface area contributed by atoms with Gasteiger partial charge < -0.3 is 15.0 Å². The van der Waals surface area contributed by atoms with E-state index in [0.29, 0.717) is 17.1 Å². The standard InChI is InChI=1S/C22H22N4O2/c27-22(20-13-14-21(25-24-20)26-15-5-2-6-16-26)23-17-9-11-19(12-10-17)28-18-7-3-1-4-8-18/h1,3-4,7-14H,2,5-6,15-16H2,(H,23,27).